The van der Waals surface area contributed by atoms with Crippen LogP contribution in [0, 0.1) is 7.14 Å². The first-order valence-electron chi connectivity index (χ1n) is 13.8. The fourth-order valence-corrected chi connectivity index (χ4v) is 6.87. The maximum Gasteiger partial charge on any atom is 0.338 e. The molecule has 1 atom stereocenters. The highest BCUT2D eigenvalue weighted by molar-refractivity contribution is 14.1. The molecular formula is C33H30I2N2O5S. The normalized spacial score (nSPS) is 14.9. The van der Waals surface area contributed by atoms with Crippen LogP contribution in [0.4, 0.5) is 0 Å². The summed E-state index contributed by atoms with van der Waals surface area (Å²) in [6.07, 6.45) is 1.75. The second-order valence-electron chi connectivity index (χ2n) is 10.1. The molecule has 0 saturated carbocycles. The molecule has 5 rings (SSSR count). The van der Waals surface area contributed by atoms with E-state index in [1.54, 1.807) is 18.4 Å². The molecule has 0 bridgehead atoms. The zero-order valence-electron chi connectivity index (χ0n) is 24.1. The molecule has 4 aromatic rings. The average molecular weight is 820 g/mol. The molecule has 1 aliphatic heterocycles. The van der Waals surface area contributed by atoms with Crippen LogP contribution in [-0.2, 0) is 16.1 Å². The van der Waals surface area contributed by atoms with Gasteiger partial charge in [0.1, 0.15) is 24.1 Å². The zero-order valence-corrected chi connectivity index (χ0v) is 29.2. The molecule has 43 heavy (non-hydrogen) atoms. The molecule has 1 aliphatic rings. The zero-order chi connectivity index (χ0) is 30.7. The molecule has 10 heteroatoms. The van der Waals surface area contributed by atoms with Gasteiger partial charge in [-0.1, -0.05) is 47.7 Å². The Labute approximate surface area is 281 Å². The van der Waals surface area contributed by atoms with Gasteiger partial charge >= 0.3 is 5.97 Å². The maximum atomic E-state index is 14.0. The first-order chi connectivity index (χ1) is 20.7. The summed E-state index contributed by atoms with van der Waals surface area (Å²) in [4.78, 5) is 32.5. The van der Waals surface area contributed by atoms with Gasteiger partial charge in [-0.05, 0) is 120 Å². The van der Waals surface area contributed by atoms with Gasteiger partial charge in [0.25, 0.3) is 5.56 Å². The predicted molar refractivity (Wildman–Crippen MR) is 185 cm³/mol. The number of aromatic nitrogens is 1. The smallest absolute Gasteiger partial charge is 0.338 e. The minimum Gasteiger partial charge on any atom is -0.491 e. The molecule has 0 amide bonds. The molecule has 7 nitrogen and oxygen atoms in total. The van der Waals surface area contributed by atoms with E-state index in [1.165, 1.54) is 14.9 Å². The first kappa shape index (κ1) is 31.5. The monoisotopic (exact) mass is 820 g/mol. The maximum absolute atomic E-state index is 14.0. The fourth-order valence-electron chi connectivity index (χ4n) is 4.77. The van der Waals surface area contributed by atoms with E-state index in [0.29, 0.717) is 38.5 Å². The third kappa shape index (κ3) is 7.07. The number of ether oxygens (including phenoxy) is 3. The van der Waals surface area contributed by atoms with Crippen LogP contribution in [0.2, 0.25) is 0 Å². The Morgan fingerprint density at radius 2 is 1.81 bits per heavy atom. The molecule has 0 fully saturated rings. The third-order valence-electron chi connectivity index (χ3n) is 6.65. The van der Waals surface area contributed by atoms with Gasteiger partial charge in [0.2, 0.25) is 0 Å². The summed E-state index contributed by atoms with van der Waals surface area (Å²) in [5.74, 6) is 0.871. The lowest BCUT2D eigenvalue weighted by Gasteiger charge is -2.26. The minimum absolute atomic E-state index is 0.0981. The Morgan fingerprint density at radius 1 is 1.07 bits per heavy atom. The number of allylic oxidation sites excluding steroid dienone is 1. The van der Waals surface area contributed by atoms with Crippen molar-refractivity contribution in [2.45, 2.75) is 46.4 Å². The van der Waals surface area contributed by atoms with Crippen LogP contribution < -0.4 is 24.4 Å². The van der Waals surface area contributed by atoms with Gasteiger partial charge in [-0.15, -0.1) is 0 Å². The van der Waals surface area contributed by atoms with Crippen LogP contribution in [0.25, 0.3) is 6.08 Å². The number of rotatable bonds is 9. The molecule has 222 valence electrons. The summed E-state index contributed by atoms with van der Waals surface area (Å²) >= 11 is 5.82. The number of hydrogen-bond acceptors (Lipinski definition) is 7. The Hall–Kier alpha value is -2.97. The van der Waals surface area contributed by atoms with Gasteiger partial charge in [-0.3, -0.25) is 9.36 Å². The van der Waals surface area contributed by atoms with Crippen LogP contribution in [0.15, 0.2) is 87.8 Å². The van der Waals surface area contributed by atoms with Crippen LogP contribution >= 0.6 is 56.5 Å². The van der Waals surface area contributed by atoms with Gasteiger partial charge in [0.05, 0.1) is 32.1 Å². The molecule has 0 aliphatic carbocycles. The standard InChI is InChI=1S/C33H30I2N2O5S/c1-5-40-32(39)29-20(4)36-33-37(30(29)24-8-6-7-9-26(24)42-19(2)3)31(38)28(43-33)17-22-12-15-27(25(35)16-22)41-18-21-10-13-23(34)14-11-21/h6-17,19,30H,5,18H2,1-4H3/b28-17+/t30-/m0/s1. The number of halogens is 2. The molecule has 0 unspecified atom stereocenters. The lowest BCUT2D eigenvalue weighted by molar-refractivity contribution is -0.139. The van der Waals surface area contributed by atoms with E-state index in [9.17, 15) is 9.59 Å². The number of fused-ring (bicyclic) bond motifs is 1. The van der Waals surface area contributed by atoms with Crippen molar-refractivity contribution in [2.75, 3.05) is 6.61 Å². The van der Waals surface area contributed by atoms with E-state index in [-0.39, 0.29) is 18.3 Å². The number of para-hydroxylation sites is 1. The molecule has 0 radical (unpaired) electrons. The second kappa shape index (κ2) is 13.8. The summed E-state index contributed by atoms with van der Waals surface area (Å²) in [6, 6.07) is 20.8. The van der Waals surface area contributed by atoms with E-state index >= 15 is 0 Å². The number of nitrogens with zero attached hydrogens (tertiary/aromatic N) is 2. The first-order valence-corrected chi connectivity index (χ1v) is 16.8. The lowest BCUT2D eigenvalue weighted by atomic mass is 9.95. The molecule has 1 aromatic heterocycles. The van der Waals surface area contributed by atoms with Gasteiger partial charge in [0.15, 0.2) is 4.80 Å². The summed E-state index contributed by atoms with van der Waals surface area (Å²) in [6.45, 7) is 8.09. The minimum atomic E-state index is -0.746. The van der Waals surface area contributed by atoms with Crippen molar-refractivity contribution >= 4 is 68.6 Å². The Kier molecular flexibility index (Phi) is 10.1. The number of hydrogen-bond donors (Lipinski definition) is 0. The van der Waals surface area contributed by atoms with E-state index < -0.39 is 12.0 Å². The van der Waals surface area contributed by atoms with Crippen molar-refractivity contribution in [1.29, 1.82) is 0 Å². The van der Waals surface area contributed by atoms with Gasteiger partial charge in [-0.25, -0.2) is 9.79 Å². The molecule has 2 heterocycles. The summed E-state index contributed by atoms with van der Waals surface area (Å²) in [7, 11) is 0. The van der Waals surface area contributed by atoms with Crippen molar-refractivity contribution in [1.82, 2.24) is 4.57 Å². The van der Waals surface area contributed by atoms with Crippen LogP contribution in [0.1, 0.15) is 50.4 Å². The van der Waals surface area contributed by atoms with Gasteiger partial charge in [-0.2, -0.15) is 0 Å². The lowest BCUT2D eigenvalue weighted by Crippen LogP contribution is -2.40. The van der Waals surface area contributed by atoms with E-state index in [4.69, 9.17) is 14.2 Å². The molecular weight excluding hydrogens is 790 g/mol. The number of benzene rings is 3. The van der Waals surface area contributed by atoms with Crippen molar-refractivity contribution in [3.05, 3.63) is 122 Å². The number of carbonyl (C=O) groups is 1. The molecule has 0 spiro atoms. The molecule has 0 saturated heterocycles. The number of esters is 1. The summed E-state index contributed by atoms with van der Waals surface area (Å²) < 4.78 is 21.8. The summed E-state index contributed by atoms with van der Waals surface area (Å²) in [5.41, 5.74) is 3.25. The van der Waals surface area contributed by atoms with E-state index in [2.05, 4.69) is 74.4 Å². The SMILES string of the molecule is CCOC(=O)C1=C(C)N=c2s/c(=C/c3ccc(OCc4ccc(I)cc4)c(I)c3)c(=O)n2[C@H]1c1ccccc1OC(C)C. The summed E-state index contributed by atoms with van der Waals surface area (Å²) in [5, 5.41) is 0. The fraction of sp³-hybridized carbons (Fsp3) is 0.242. The molecule has 3 aromatic carbocycles. The second-order valence-corrected chi connectivity index (χ2v) is 13.5. The number of thiazole rings is 1. The highest BCUT2D eigenvalue weighted by Crippen LogP contribution is 2.36. The van der Waals surface area contributed by atoms with Crippen molar-refractivity contribution in [3.8, 4) is 11.5 Å². The predicted octanol–water partition coefficient (Wildman–Crippen LogP) is 6.37. The van der Waals surface area contributed by atoms with Crippen molar-refractivity contribution in [2.24, 2.45) is 4.99 Å². The average Bonchev–Trinajstić information content (AvgIpc) is 3.26. The third-order valence-corrected chi connectivity index (χ3v) is 9.20. The van der Waals surface area contributed by atoms with Gasteiger partial charge < -0.3 is 14.2 Å². The highest BCUT2D eigenvalue weighted by atomic mass is 127. The van der Waals surface area contributed by atoms with Crippen molar-refractivity contribution < 1.29 is 19.0 Å². The van der Waals surface area contributed by atoms with Crippen LogP contribution in [-0.4, -0.2) is 23.2 Å². The molecule has 0 N–H and O–H groups in total. The van der Waals surface area contributed by atoms with Gasteiger partial charge in [0, 0.05) is 9.13 Å². The van der Waals surface area contributed by atoms with Crippen LogP contribution in [0.5, 0.6) is 11.5 Å². The Bertz CT molecular complexity index is 1880. The van der Waals surface area contributed by atoms with E-state index in [0.717, 1.165) is 20.4 Å². The van der Waals surface area contributed by atoms with E-state index in [1.807, 2.05) is 62.4 Å². The Morgan fingerprint density at radius 3 is 2.51 bits per heavy atom. The van der Waals surface area contributed by atoms with Crippen LogP contribution in [0.3, 0.4) is 0 Å². The Balaban J connectivity index is 1.55. The highest BCUT2D eigenvalue weighted by Gasteiger charge is 2.35. The van der Waals surface area contributed by atoms with Crippen molar-refractivity contribution in [3.63, 3.8) is 0 Å². The number of carbonyl (C=O) groups excluding carboxylic acids is 1. The quantitative estimate of drug-likeness (QED) is 0.145. The topological polar surface area (TPSA) is 79.1 Å². The largest absolute Gasteiger partial charge is 0.491 e.